The summed E-state index contributed by atoms with van der Waals surface area (Å²) < 4.78 is 0. The second-order valence-corrected chi connectivity index (χ2v) is 6.58. The molecule has 8 nitrogen and oxygen atoms in total. The van der Waals surface area contributed by atoms with Gasteiger partial charge in [-0.3, -0.25) is 19.8 Å². The number of carbonyl (C=O) groups is 1. The zero-order chi connectivity index (χ0) is 19.4. The highest BCUT2D eigenvalue weighted by Gasteiger charge is 2.20. The Morgan fingerprint density at radius 2 is 1.81 bits per heavy atom. The molecular weight excluding hydrogens is 348 g/mol. The predicted octanol–water partition coefficient (Wildman–Crippen LogP) is 2.37. The number of nitrogens with one attached hydrogen (secondary N) is 1. The summed E-state index contributed by atoms with van der Waals surface area (Å²) in [6.07, 6.45) is 0. The van der Waals surface area contributed by atoms with Crippen LogP contribution in [0.5, 0.6) is 5.75 Å². The Hall–Kier alpha value is -3.13. The number of aryl methyl sites for hydroxylation is 1. The molecule has 0 bridgehead atoms. The average molecular weight is 370 g/mol. The zero-order valence-corrected chi connectivity index (χ0v) is 15.1. The minimum atomic E-state index is -0.452. The molecule has 0 atom stereocenters. The number of hydrogen-bond acceptors (Lipinski definition) is 6. The number of nitro groups is 1. The van der Waals surface area contributed by atoms with Crippen molar-refractivity contribution in [3.05, 3.63) is 58.1 Å². The molecule has 2 aromatic carbocycles. The minimum Gasteiger partial charge on any atom is -0.508 e. The van der Waals surface area contributed by atoms with Crippen molar-refractivity contribution < 1.29 is 14.8 Å². The summed E-state index contributed by atoms with van der Waals surface area (Å²) in [5, 5.41) is 23.0. The molecule has 1 saturated heterocycles. The maximum atomic E-state index is 12.3. The fraction of sp³-hybridized carbons (Fsp3) is 0.316. The zero-order valence-electron chi connectivity index (χ0n) is 15.1. The Kier molecular flexibility index (Phi) is 5.56. The summed E-state index contributed by atoms with van der Waals surface area (Å²) in [7, 11) is 0. The van der Waals surface area contributed by atoms with Gasteiger partial charge in [0.1, 0.15) is 5.75 Å². The SMILES string of the molecule is Cc1cc([N+](=O)[O-])ccc1NC(=O)CN1CCN(c2ccc(O)cc2)CC1. The van der Waals surface area contributed by atoms with Gasteiger partial charge in [0.2, 0.25) is 5.91 Å². The molecule has 0 radical (unpaired) electrons. The van der Waals surface area contributed by atoms with Crippen molar-refractivity contribution in [1.29, 1.82) is 0 Å². The highest BCUT2D eigenvalue weighted by atomic mass is 16.6. The Morgan fingerprint density at radius 1 is 1.15 bits per heavy atom. The van der Waals surface area contributed by atoms with Gasteiger partial charge in [-0.15, -0.1) is 0 Å². The van der Waals surface area contributed by atoms with Crippen molar-refractivity contribution in [3.8, 4) is 5.75 Å². The summed E-state index contributed by atoms with van der Waals surface area (Å²) in [6.45, 7) is 5.13. The number of amides is 1. The molecule has 1 fully saturated rings. The fourth-order valence-electron chi connectivity index (χ4n) is 3.12. The average Bonchev–Trinajstić information content (AvgIpc) is 2.64. The smallest absolute Gasteiger partial charge is 0.269 e. The van der Waals surface area contributed by atoms with Crippen LogP contribution in [-0.2, 0) is 4.79 Å². The van der Waals surface area contributed by atoms with Crippen LogP contribution in [0.15, 0.2) is 42.5 Å². The number of non-ortho nitro benzene ring substituents is 1. The van der Waals surface area contributed by atoms with E-state index in [0.717, 1.165) is 31.9 Å². The third-order valence-electron chi connectivity index (χ3n) is 4.65. The second-order valence-electron chi connectivity index (χ2n) is 6.58. The first-order valence-electron chi connectivity index (χ1n) is 8.73. The van der Waals surface area contributed by atoms with Crippen molar-refractivity contribution >= 4 is 23.0 Å². The van der Waals surface area contributed by atoms with E-state index in [1.165, 1.54) is 12.1 Å². The molecule has 0 aromatic heterocycles. The van der Waals surface area contributed by atoms with Crippen molar-refractivity contribution in [2.45, 2.75) is 6.92 Å². The highest BCUT2D eigenvalue weighted by molar-refractivity contribution is 5.93. The van der Waals surface area contributed by atoms with Gasteiger partial charge in [-0.2, -0.15) is 0 Å². The van der Waals surface area contributed by atoms with Crippen molar-refractivity contribution in [1.82, 2.24) is 4.90 Å². The summed E-state index contributed by atoms with van der Waals surface area (Å²) in [4.78, 5) is 26.9. The highest BCUT2D eigenvalue weighted by Crippen LogP contribution is 2.22. The number of hydrogen-bond donors (Lipinski definition) is 2. The number of aromatic hydroxyl groups is 1. The van der Waals surface area contributed by atoms with E-state index in [4.69, 9.17) is 0 Å². The van der Waals surface area contributed by atoms with Gasteiger partial charge in [0.25, 0.3) is 5.69 Å². The lowest BCUT2D eigenvalue weighted by molar-refractivity contribution is -0.384. The molecule has 2 N–H and O–H groups in total. The van der Waals surface area contributed by atoms with Crippen LogP contribution in [0.1, 0.15) is 5.56 Å². The normalized spacial score (nSPS) is 14.8. The first-order chi connectivity index (χ1) is 12.9. The minimum absolute atomic E-state index is 0.0100. The van der Waals surface area contributed by atoms with Crippen LogP contribution in [0.4, 0.5) is 17.1 Å². The van der Waals surface area contributed by atoms with Gasteiger partial charge in [-0.25, -0.2) is 0 Å². The number of nitrogens with zero attached hydrogens (tertiary/aromatic N) is 3. The van der Waals surface area contributed by atoms with Crippen LogP contribution in [0.2, 0.25) is 0 Å². The summed E-state index contributed by atoms with van der Waals surface area (Å²) in [5.41, 5.74) is 2.32. The number of phenols is 1. The van der Waals surface area contributed by atoms with Crippen LogP contribution >= 0.6 is 0 Å². The van der Waals surface area contributed by atoms with E-state index in [2.05, 4.69) is 15.1 Å². The number of phenolic OH excluding ortho intramolecular Hbond substituents is 1. The molecule has 0 aliphatic carbocycles. The van der Waals surface area contributed by atoms with E-state index >= 15 is 0 Å². The maximum Gasteiger partial charge on any atom is 0.269 e. The number of carbonyl (C=O) groups excluding carboxylic acids is 1. The number of benzene rings is 2. The monoisotopic (exact) mass is 370 g/mol. The molecule has 0 saturated carbocycles. The number of anilines is 2. The van der Waals surface area contributed by atoms with Gasteiger partial charge in [0.05, 0.1) is 11.5 Å². The largest absolute Gasteiger partial charge is 0.508 e. The molecule has 1 aliphatic heterocycles. The molecule has 142 valence electrons. The summed E-state index contributed by atoms with van der Waals surface area (Å²) in [5.74, 6) is 0.112. The third-order valence-corrected chi connectivity index (χ3v) is 4.65. The van der Waals surface area contributed by atoms with Crippen LogP contribution in [0.25, 0.3) is 0 Å². The summed E-state index contributed by atoms with van der Waals surface area (Å²) >= 11 is 0. The van der Waals surface area contributed by atoms with Crippen molar-refractivity contribution in [2.75, 3.05) is 42.9 Å². The van der Waals surface area contributed by atoms with E-state index in [9.17, 15) is 20.0 Å². The van der Waals surface area contributed by atoms with E-state index in [1.54, 1.807) is 25.1 Å². The van der Waals surface area contributed by atoms with Crippen molar-refractivity contribution in [3.63, 3.8) is 0 Å². The molecule has 8 heteroatoms. The van der Waals surface area contributed by atoms with Gasteiger partial charge >= 0.3 is 0 Å². The standard InChI is InChI=1S/C19H22N4O4/c1-14-12-16(23(26)27)4-7-18(14)20-19(25)13-21-8-10-22(11-9-21)15-2-5-17(24)6-3-15/h2-7,12,24H,8-11,13H2,1H3,(H,20,25). The molecule has 1 heterocycles. The lowest BCUT2D eigenvalue weighted by Crippen LogP contribution is -2.48. The first kappa shape index (κ1) is 18.7. The number of rotatable bonds is 5. The van der Waals surface area contributed by atoms with Gasteiger partial charge < -0.3 is 15.3 Å². The van der Waals surface area contributed by atoms with Gasteiger partial charge in [0, 0.05) is 49.7 Å². The number of piperazine rings is 1. The Bertz CT molecular complexity index is 830. The quantitative estimate of drug-likeness (QED) is 0.619. The summed E-state index contributed by atoms with van der Waals surface area (Å²) in [6, 6.07) is 11.5. The van der Waals surface area contributed by atoms with E-state index in [-0.39, 0.29) is 23.9 Å². The molecule has 2 aromatic rings. The molecular formula is C19H22N4O4. The molecule has 0 unspecified atom stereocenters. The van der Waals surface area contributed by atoms with Crippen LogP contribution in [-0.4, -0.2) is 53.6 Å². The Labute approximate surface area is 157 Å². The van der Waals surface area contributed by atoms with E-state index in [1.807, 2.05) is 12.1 Å². The van der Waals surface area contributed by atoms with E-state index < -0.39 is 4.92 Å². The molecule has 1 amide bonds. The fourth-order valence-corrected chi connectivity index (χ4v) is 3.12. The molecule has 27 heavy (non-hydrogen) atoms. The Morgan fingerprint density at radius 3 is 2.41 bits per heavy atom. The van der Waals surface area contributed by atoms with Crippen LogP contribution < -0.4 is 10.2 Å². The molecule has 1 aliphatic rings. The van der Waals surface area contributed by atoms with E-state index in [0.29, 0.717) is 11.3 Å². The first-order valence-corrected chi connectivity index (χ1v) is 8.73. The van der Waals surface area contributed by atoms with Crippen LogP contribution in [0.3, 0.4) is 0 Å². The maximum absolute atomic E-state index is 12.3. The lowest BCUT2D eigenvalue weighted by atomic mass is 10.2. The van der Waals surface area contributed by atoms with Gasteiger partial charge in [0.15, 0.2) is 0 Å². The van der Waals surface area contributed by atoms with Crippen molar-refractivity contribution in [2.24, 2.45) is 0 Å². The van der Waals surface area contributed by atoms with Gasteiger partial charge in [-0.1, -0.05) is 0 Å². The number of nitro benzene ring substituents is 1. The van der Waals surface area contributed by atoms with Gasteiger partial charge in [-0.05, 0) is 42.8 Å². The second kappa shape index (κ2) is 8.05. The Balaban J connectivity index is 1.51. The molecule has 0 spiro atoms. The lowest BCUT2D eigenvalue weighted by Gasteiger charge is -2.35. The van der Waals surface area contributed by atoms with Crippen LogP contribution in [0, 0.1) is 17.0 Å². The third kappa shape index (κ3) is 4.73. The molecule has 3 rings (SSSR count). The predicted molar refractivity (Wildman–Crippen MR) is 103 cm³/mol. The topological polar surface area (TPSA) is 99.0 Å².